The van der Waals surface area contributed by atoms with Gasteiger partial charge >= 0.3 is 0 Å². The van der Waals surface area contributed by atoms with Gasteiger partial charge < -0.3 is 10.1 Å². The van der Waals surface area contributed by atoms with E-state index in [0.29, 0.717) is 6.04 Å². The molecule has 0 spiro atoms. The quantitative estimate of drug-likeness (QED) is 0.738. The van der Waals surface area contributed by atoms with Crippen LogP contribution in [-0.4, -0.2) is 23.4 Å². The summed E-state index contributed by atoms with van der Waals surface area (Å²) in [5, 5.41) is 7.46. The zero-order chi connectivity index (χ0) is 9.26. The zero-order valence-corrected chi connectivity index (χ0v) is 8.08. The van der Waals surface area contributed by atoms with Gasteiger partial charge in [0.2, 0.25) is 5.88 Å². The highest BCUT2D eigenvalue weighted by Crippen LogP contribution is 2.27. The molecular formula is C9H15N3O. The van der Waals surface area contributed by atoms with Crippen molar-refractivity contribution in [2.45, 2.75) is 25.9 Å². The van der Waals surface area contributed by atoms with Gasteiger partial charge in [0.15, 0.2) is 0 Å². The van der Waals surface area contributed by atoms with Gasteiger partial charge in [0.1, 0.15) is 0 Å². The van der Waals surface area contributed by atoms with Gasteiger partial charge in [0.25, 0.3) is 0 Å². The first-order valence-electron chi connectivity index (χ1n) is 4.68. The Bertz CT molecular complexity index is 295. The molecule has 1 aliphatic rings. The van der Waals surface area contributed by atoms with E-state index in [-0.39, 0.29) is 0 Å². The van der Waals surface area contributed by atoms with Crippen molar-refractivity contribution in [2.75, 3.05) is 13.7 Å². The lowest BCUT2D eigenvalue weighted by Crippen LogP contribution is -2.18. The Kier molecular flexibility index (Phi) is 2.22. The number of ether oxygens (including phenoxy) is 1. The minimum absolute atomic E-state index is 0.307. The van der Waals surface area contributed by atoms with E-state index >= 15 is 0 Å². The molecule has 0 saturated heterocycles. The third-order valence-corrected chi connectivity index (χ3v) is 2.47. The van der Waals surface area contributed by atoms with Crippen molar-refractivity contribution >= 4 is 0 Å². The van der Waals surface area contributed by atoms with Crippen molar-refractivity contribution in [1.82, 2.24) is 15.1 Å². The fraction of sp³-hybridized carbons (Fsp3) is 0.667. The van der Waals surface area contributed by atoms with E-state index in [4.69, 9.17) is 4.74 Å². The Labute approximate surface area is 77.9 Å². The number of hydrogen-bond acceptors (Lipinski definition) is 3. The molecule has 1 aromatic rings. The topological polar surface area (TPSA) is 39.1 Å². The van der Waals surface area contributed by atoms with Gasteiger partial charge in [-0.2, -0.15) is 5.10 Å². The van der Waals surface area contributed by atoms with Crippen LogP contribution in [0.3, 0.4) is 0 Å². The standard InChI is InChI=1S/C9H15N3O/c1-7(10-2)8-6-11-12-4-3-5-13-9(8)12/h6-7,10H,3-5H2,1-2H3/t7-/m1/s1. The largest absolute Gasteiger partial charge is 0.478 e. The molecule has 2 rings (SSSR count). The molecule has 72 valence electrons. The lowest BCUT2D eigenvalue weighted by atomic mass is 10.2. The van der Waals surface area contributed by atoms with Crippen LogP contribution in [0, 0.1) is 0 Å². The molecule has 4 nitrogen and oxygen atoms in total. The summed E-state index contributed by atoms with van der Waals surface area (Å²) in [6, 6.07) is 0.307. The average molecular weight is 181 g/mol. The summed E-state index contributed by atoms with van der Waals surface area (Å²) in [5.41, 5.74) is 1.15. The smallest absolute Gasteiger partial charge is 0.216 e. The molecule has 2 heterocycles. The van der Waals surface area contributed by atoms with Crippen LogP contribution in [0.1, 0.15) is 24.9 Å². The first kappa shape index (κ1) is 8.56. The Morgan fingerprint density at radius 1 is 1.69 bits per heavy atom. The molecule has 0 radical (unpaired) electrons. The summed E-state index contributed by atoms with van der Waals surface area (Å²) in [7, 11) is 1.94. The molecule has 1 aliphatic heterocycles. The van der Waals surface area contributed by atoms with Crippen molar-refractivity contribution in [3.63, 3.8) is 0 Å². The molecule has 0 amide bonds. The van der Waals surface area contributed by atoms with E-state index in [2.05, 4.69) is 17.3 Å². The van der Waals surface area contributed by atoms with Crippen molar-refractivity contribution in [1.29, 1.82) is 0 Å². The monoisotopic (exact) mass is 181 g/mol. The molecule has 0 fully saturated rings. The maximum atomic E-state index is 5.58. The summed E-state index contributed by atoms with van der Waals surface area (Å²) in [6.07, 6.45) is 2.95. The molecule has 0 unspecified atom stereocenters. The van der Waals surface area contributed by atoms with Crippen molar-refractivity contribution in [2.24, 2.45) is 0 Å². The minimum Gasteiger partial charge on any atom is -0.478 e. The number of rotatable bonds is 2. The molecule has 1 N–H and O–H groups in total. The molecule has 0 aliphatic carbocycles. The third-order valence-electron chi connectivity index (χ3n) is 2.47. The normalized spacial score (nSPS) is 17.7. The molecule has 4 heteroatoms. The zero-order valence-electron chi connectivity index (χ0n) is 8.08. The number of hydrogen-bond donors (Lipinski definition) is 1. The fourth-order valence-corrected chi connectivity index (χ4v) is 1.54. The average Bonchev–Trinajstić information content (AvgIpc) is 2.60. The second-order valence-corrected chi connectivity index (χ2v) is 3.34. The van der Waals surface area contributed by atoms with E-state index in [1.807, 2.05) is 17.9 Å². The highest BCUT2D eigenvalue weighted by molar-refractivity contribution is 5.28. The summed E-state index contributed by atoms with van der Waals surface area (Å²) in [5.74, 6) is 0.938. The van der Waals surface area contributed by atoms with Gasteiger partial charge in [-0.05, 0) is 14.0 Å². The number of nitrogens with zero attached hydrogens (tertiary/aromatic N) is 2. The van der Waals surface area contributed by atoms with Gasteiger partial charge in [0, 0.05) is 19.0 Å². The van der Waals surface area contributed by atoms with Crippen molar-refractivity contribution in [3.8, 4) is 5.88 Å². The first-order valence-corrected chi connectivity index (χ1v) is 4.68. The van der Waals surface area contributed by atoms with Gasteiger partial charge in [0.05, 0.1) is 18.4 Å². The number of aryl methyl sites for hydroxylation is 1. The molecule has 13 heavy (non-hydrogen) atoms. The second-order valence-electron chi connectivity index (χ2n) is 3.34. The summed E-state index contributed by atoms with van der Waals surface area (Å²) in [4.78, 5) is 0. The predicted molar refractivity (Wildman–Crippen MR) is 49.8 cm³/mol. The minimum atomic E-state index is 0.307. The van der Waals surface area contributed by atoms with E-state index in [9.17, 15) is 0 Å². The molecular weight excluding hydrogens is 166 g/mol. The maximum Gasteiger partial charge on any atom is 0.216 e. The van der Waals surface area contributed by atoms with Crippen molar-refractivity contribution < 1.29 is 4.74 Å². The van der Waals surface area contributed by atoms with Gasteiger partial charge in [-0.1, -0.05) is 0 Å². The van der Waals surface area contributed by atoms with Crippen LogP contribution in [0.15, 0.2) is 6.20 Å². The van der Waals surface area contributed by atoms with Crippen molar-refractivity contribution in [3.05, 3.63) is 11.8 Å². The first-order chi connectivity index (χ1) is 6.33. The lowest BCUT2D eigenvalue weighted by molar-refractivity contribution is 0.226. The Hall–Kier alpha value is -1.03. The van der Waals surface area contributed by atoms with E-state index in [1.165, 1.54) is 0 Å². The van der Waals surface area contributed by atoms with Crippen LogP contribution in [0.2, 0.25) is 0 Å². The van der Waals surface area contributed by atoms with Crippen LogP contribution in [0.5, 0.6) is 5.88 Å². The predicted octanol–water partition coefficient (Wildman–Crippen LogP) is 0.946. The Balaban J connectivity index is 2.31. The molecule has 1 aromatic heterocycles. The molecule has 0 bridgehead atoms. The van der Waals surface area contributed by atoms with E-state index in [0.717, 1.165) is 31.0 Å². The number of fused-ring (bicyclic) bond motifs is 1. The van der Waals surface area contributed by atoms with Gasteiger partial charge in [-0.25, -0.2) is 4.68 Å². The Morgan fingerprint density at radius 2 is 2.54 bits per heavy atom. The van der Waals surface area contributed by atoms with Crippen LogP contribution in [0.4, 0.5) is 0 Å². The summed E-state index contributed by atoms with van der Waals surface area (Å²) < 4.78 is 7.52. The third kappa shape index (κ3) is 1.42. The van der Waals surface area contributed by atoms with E-state index < -0.39 is 0 Å². The number of aromatic nitrogens is 2. The van der Waals surface area contributed by atoms with Crippen LogP contribution < -0.4 is 10.1 Å². The van der Waals surface area contributed by atoms with Crippen LogP contribution in [0.25, 0.3) is 0 Å². The molecule has 0 saturated carbocycles. The van der Waals surface area contributed by atoms with Gasteiger partial charge in [-0.3, -0.25) is 0 Å². The number of nitrogens with one attached hydrogen (secondary N) is 1. The SMILES string of the molecule is CN[C@H](C)c1cnn2c1OCCC2. The Morgan fingerprint density at radius 3 is 3.31 bits per heavy atom. The van der Waals surface area contributed by atoms with Crippen LogP contribution in [-0.2, 0) is 6.54 Å². The van der Waals surface area contributed by atoms with E-state index in [1.54, 1.807) is 0 Å². The molecule has 0 aromatic carbocycles. The highest BCUT2D eigenvalue weighted by atomic mass is 16.5. The summed E-state index contributed by atoms with van der Waals surface area (Å²) >= 11 is 0. The van der Waals surface area contributed by atoms with Crippen LogP contribution >= 0.6 is 0 Å². The summed E-state index contributed by atoms with van der Waals surface area (Å²) in [6.45, 7) is 3.90. The lowest BCUT2D eigenvalue weighted by Gasteiger charge is -2.18. The molecule has 1 atom stereocenters. The fourth-order valence-electron chi connectivity index (χ4n) is 1.54. The second kappa shape index (κ2) is 3.38. The highest BCUT2D eigenvalue weighted by Gasteiger charge is 2.19. The maximum absolute atomic E-state index is 5.58. The van der Waals surface area contributed by atoms with Gasteiger partial charge in [-0.15, -0.1) is 0 Å².